The van der Waals surface area contributed by atoms with Gasteiger partial charge in [-0.25, -0.2) is 0 Å². The molecule has 0 aliphatic rings. The standard InChI is InChI=1S/C21H28O3/c1-3-4-5-9-16-22-18(2)24-21-14-12-20(13-15-21)23-17-19-10-7-6-8-11-19/h6-8,10-15,18H,3-5,9,16-17H2,1-2H3/t18-/m0/s1. The molecule has 3 nitrogen and oxygen atoms in total. The van der Waals surface area contributed by atoms with Crippen LogP contribution in [0.1, 0.15) is 45.1 Å². The molecule has 2 aromatic rings. The smallest absolute Gasteiger partial charge is 0.196 e. The Morgan fingerprint density at radius 1 is 0.833 bits per heavy atom. The van der Waals surface area contributed by atoms with Crippen molar-refractivity contribution in [3.8, 4) is 11.5 Å². The Kier molecular flexibility index (Phi) is 8.19. The molecule has 0 spiro atoms. The van der Waals surface area contributed by atoms with Gasteiger partial charge in [-0.2, -0.15) is 0 Å². The Labute approximate surface area is 145 Å². The van der Waals surface area contributed by atoms with E-state index < -0.39 is 0 Å². The Hall–Kier alpha value is -2.00. The summed E-state index contributed by atoms with van der Waals surface area (Å²) in [5, 5.41) is 0. The third kappa shape index (κ3) is 7.05. The lowest BCUT2D eigenvalue weighted by Crippen LogP contribution is -2.16. The van der Waals surface area contributed by atoms with Crippen LogP contribution in [0.3, 0.4) is 0 Å². The molecule has 3 heteroatoms. The Morgan fingerprint density at radius 2 is 1.54 bits per heavy atom. The fourth-order valence-corrected chi connectivity index (χ4v) is 2.36. The second-order valence-electron chi connectivity index (χ2n) is 5.86. The van der Waals surface area contributed by atoms with Gasteiger partial charge in [0.05, 0.1) is 6.61 Å². The average molecular weight is 328 g/mol. The molecule has 0 radical (unpaired) electrons. The lowest BCUT2D eigenvalue weighted by molar-refractivity contribution is -0.0677. The number of unbranched alkanes of at least 4 members (excludes halogenated alkanes) is 3. The third-order valence-electron chi connectivity index (χ3n) is 3.72. The molecule has 0 amide bonds. The maximum Gasteiger partial charge on any atom is 0.196 e. The van der Waals surface area contributed by atoms with Crippen molar-refractivity contribution in [3.63, 3.8) is 0 Å². The summed E-state index contributed by atoms with van der Waals surface area (Å²) in [4.78, 5) is 0. The molecule has 0 aromatic heterocycles. The molecule has 0 fully saturated rings. The number of hydrogen-bond donors (Lipinski definition) is 0. The van der Waals surface area contributed by atoms with Gasteiger partial charge in [-0.1, -0.05) is 56.5 Å². The van der Waals surface area contributed by atoms with E-state index in [2.05, 4.69) is 19.1 Å². The summed E-state index contributed by atoms with van der Waals surface area (Å²) in [7, 11) is 0. The van der Waals surface area contributed by atoms with Crippen molar-refractivity contribution in [3.05, 3.63) is 60.2 Å². The molecule has 0 saturated heterocycles. The first-order chi connectivity index (χ1) is 11.8. The fraction of sp³-hybridized carbons (Fsp3) is 0.429. The molecule has 0 N–H and O–H groups in total. The van der Waals surface area contributed by atoms with Gasteiger partial charge < -0.3 is 14.2 Å². The Balaban J connectivity index is 1.69. The maximum absolute atomic E-state index is 5.77. The first-order valence-electron chi connectivity index (χ1n) is 8.83. The largest absolute Gasteiger partial charge is 0.489 e. The van der Waals surface area contributed by atoms with Crippen molar-refractivity contribution in [2.24, 2.45) is 0 Å². The van der Waals surface area contributed by atoms with E-state index in [1.807, 2.05) is 49.4 Å². The average Bonchev–Trinajstić information content (AvgIpc) is 2.62. The van der Waals surface area contributed by atoms with Gasteiger partial charge in [0.1, 0.15) is 18.1 Å². The van der Waals surface area contributed by atoms with Crippen LogP contribution in [0.2, 0.25) is 0 Å². The molecule has 0 bridgehead atoms. The van der Waals surface area contributed by atoms with Crippen molar-refractivity contribution < 1.29 is 14.2 Å². The van der Waals surface area contributed by atoms with Crippen molar-refractivity contribution >= 4 is 0 Å². The van der Waals surface area contributed by atoms with Crippen LogP contribution in [0.25, 0.3) is 0 Å². The number of hydrogen-bond acceptors (Lipinski definition) is 3. The first-order valence-corrected chi connectivity index (χ1v) is 8.83. The molecule has 0 aliphatic heterocycles. The summed E-state index contributed by atoms with van der Waals surface area (Å²) in [6, 6.07) is 17.8. The monoisotopic (exact) mass is 328 g/mol. The van der Waals surface area contributed by atoms with E-state index in [1.165, 1.54) is 19.3 Å². The molecule has 2 aromatic carbocycles. The van der Waals surface area contributed by atoms with E-state index in [0.29, 0.717) is 6.61 Å². The van der Waals surface area contributed by atoms with Crippen LogP contribution in [0.5, 0.6) is 11.5 Å². The zero-order chi connectivity index (χ0) is 17.0. The molecule has 0 saturated carbocycles. The quantitative estimate of drug-likeness (QED) is 0.398. The summed E-state index contributed by atoms with van der Waals surface area (Å²) >= 11 is 0. The van der Waals surface area contributed by atoms with E-state index in [0.717, 1.165) is 30.1 Å². The van der Waals surface area contributed by atoms with Crippen LogP contribution in [0.4, 0.5) is 0 Å². The normalized spacial score (nSPS) is 11.9. The predicted octanol–water partition coefficient (Wildman–Crippen LogP) is 5.59. The molecule has 130 valence electrons. The number of benzene rings is 2. The summed E-state index contributed by atoms with van der Waals surface area (Å²) in [5.74, 6) is 1.63. The highest BCUT2D eigenvalue weighted by atomic mass is 16.7. The number of ether oxygens (including phenoxy) is 3. The van der Waals surface area contributed by atoms with Gasteiger partial charge in [0.25, 0.3) is 0 Å². The highest BCUT2D eigenvalue weighted by Crippen LogP contribution is 2.20. The molecule has 2 rings (SSSR count). The van der Waals surface area contributed by atoms with Gasteiger partial charge in [-0.15, -0.1) is 0 Å². The molecule has 0 aliphatic carbocycles. The van der Waals surface area contributed by atoms with Gasteiger partial charge in [0, 0.05) is 0 Å². The van der Waals surface area contributed by atoms with Crippen molar-refractivity contribution in [1.82, 2.24) is 0 Å². The van der Waals surface area contributed by atoms with Crippen LogP contribution in [0.15, 0.2) is 54.6 Å². The third-order valence-corrected chi connectivity index (χ3v) is 3.72. The van der Waals surface area contributed by atoms with Crippen molar-refractivity contribution in [2.75, 3.05) is 6.61 Å². The van der Waals surface area contributed by atoms with Gasteiger partial charge >= 0.3 is 0 Å². The van der Waals surface area contributed by atoms with Gasteiger partial charge in [-0.05, 0) is 43.2 Å². The zero-order valence-electron chi connectivity index (χ0n) is 14.7. The van der Waals surface area contributed by atoms with Gasteiger partial charge in [0.15, 0.2) is 6.29 Å². The van der Waals surface area contributed by atoms with Gasteiger partial charge in [-0.3, -0.25) is 0 Å². The number of rotatable bonds is 11. The highest BCUT2D eigenvalue weighted by molar-refractivity contribution is 5.31. The second-order valence-corrected chi connectivity index (χ2v) is 5.86. The van der Waals surface area contributed by atoms with Crippen LogP contribution in [-0.2, 0) is 11.3 Å². The Morgan fingerprint density at radius 3 is 2.25 bits per heavy atom. The molecule has 1 atom stereocenters. The maximum atomic E-state index is 5.77. The lowest BCUT2D eigenvalue weighted by Gasteiger charge is -2.15. The van der Waals surface area contributed by atoms with Crippen molar-refractivity contribution in [1.29, 1.82) is 0 Å². The SMILES string of the molecule is CCCCCCO[C@H](C)Oc1ccc(OCc2ccccc2)cc1. The first kappa shape index (κ1) is 18.3. The summed E-state index contributed by atoms with van der Waals surface area (Å²) < 4.78 is 17.2. The van der Waals surface area contributed by atoms with Crippen molar-refractivity contribution in [2.45, 2.75) is 52.4 Å². The van der Waals surface area contributed by atoms with Gasteiger partial charge in [0.2, 0.25) is 0 Å². The molecular weight excluding hydrogens is 300 g/mol. The highest BCUT2D eigenvalue weighted by Gasteiger charge is 2.04. The minimum Gasteiger partial charge on any atom is -0.489 e. The zero-order valence-corrected chi connectivity index (χ0v) is 14.7. The summed E-state index contributed by atoms with van der Waals surface area (Å²) in [5.41, 5.74) is 1.16. The summed E-state index contributed by atoms with van der Waals surface area (Å²) in [6.45, 7) is 5.46. The topological polar surface area (TPSA) is 27.7 Å². The lowest BCUT2D eigenvalue weighted by atomic mass is 10.2. The van der Waals surface area contributed by atoms with E-state index in [1.54, 1.807) is 0 Å². The van der Waals surface area contributed by atoms with E-state index in [4.69, 9.17) is 14.2 Å². The van der Waals surface area contributed by atoms with Crippen LogP contribution in [0, 0.1) is 0 Å². The van der Waals surface area contributed by atoms with E-state index >= 15 is 0 Å². The second kappa shape index (κ2) is 10.7. The molecule has 0 heterocycles. The minimum atomic E-state index is -0.234. The van der Waals surface area contributed by atoms with Crippen LogP contribution < -0.4 is 9.47 Å². The van der Waals surface area contributed by atoms with Crippen LogP contribution >= 0.6 is 0 Å². The predicted molar refractivity (Wildman–Crippen MR) is 97.4 cm³/mol. The fourth-order valence-electron chi connectivity index (χ4n) is 2.36. The van der Waals surface area contributed by atoms with E-state index in [9.17, 15) is 0 Å². The minimum absolute atomic E-state index is 0.234. The molecular formula is C21H28O3. The summed E-state index contributed by atoms with van der Waals surface area (Å²) in [6.07, 6.45) is 4.58. The molecule has 0 unspecified atom stereocenters. The van der Waals surface area contributed by atoms with E-state index in [-0.39, 0.29) is 6.29 Å². The molecule has 24 heavy (non-hydrogen) atoms. The van der Waals surface area contributed by atoms with Crippen LogP contribution in [-0.4, -0.2) is 12.9 Å². The Bertz CT molecular complexity index is 551.